The van der Waals surface area contributed by atoms with E-state index in [0.717, 1.165) is 16.5 Å². The summed E-state index contributed by atoms with van der Waals surface area (Å²) in [5.74, 6) is 0.620. The summed E-state index contributed by atoms with van der Waals surface area (Å²) in [6.45, 7) is 3.88. The Hall–Kier alpha value is -3.36. The Labute approximate surface area is 175 Å². The summed E-state index contributed by atoms with van der Waals surface area (Å²) in [5, 5.41) is 1.57. The molecule has 150 valence electrons. The molecule has 0 bridgehead atoms. The van der Waals surface area contributed by atoms with Gasteiger partial charge in [0.15, 0.2) is 0 Å². The summed E-state index contributed by atoms with van der Waals surface area (Å²) in [6.07, 6.45) is 0. The van der Waals surface area contributed by atoms with E-state index in [2.05, 4.69) is 0 Å². The van der Waals surface area contributed by atoms with Crippen molar-refractivity contribution in [1.29, 1.82) is 0 Å². The second-order valence-corrected chi connectivity index (χ2v) is 8.90. The maximum Gasteiger partial charge on any atom is 0.503 e. The van der Waals surface area contributed by atoms with E-state index >= 15 is 0 Å². The van der Waals surface area contributed by atoms with Crippen molar-refractivity contribution in [2.45, 2.75) is 13.8 Å². The molecule has 30 heavy (non-hydrogen) atoms. The van der Waals surface area contributed by atoms with E-state index in [1.165, 1.54) is 0 Å². The van der Waals surface area contributed by atoms with Gasteiger partial charge in [0, 0.05) is 5.56 Å². The third kappa shape index (κ3) is 4.14. The molecule has 0 N–H and O–H groups in total. The van der Waals surface area contributed by atoms with Crippen molar-refractivity contribution in [3.05, 3.63) is 108 Å². The lowest BCUT2D eigenvalue weighted by atomic mass is 10.1. The number of benzene rings is 4. The first-order valence-electron chi connectivity index (χ1n) is 9.60. The van der Waals surface area contributed by atoms with Crippen LogP contribution < -0.4 is 9.05 Å². The fraction of sp³-hybridized carbons (Fsp3) is 0.0800. The van der Waals surface area contributed by atoms with Crippen LogP contribution in [0.25, 0.3) is 10.8 Å². The fourth-order valence-corrected chi connectivity index (χ4v) is 4.63. The highest BCUT2D eigenvalue weighted by molar-refractivity contribution is 7.73. The largest absolute Gasteiger partial charge is 0.503 e. The number of rotatable bonds is 6. The second-order valence-electron chi connectivity index (χ2n) is 7.14. The van der Waals surface area contributed by atoms with E-state index in [-0.39, 0.29) is 0 Å². The second kappa shape index (κ2) is 8.17. The summed E-state index contributed by atoms with van der Waals surface area (Å²) in [5.41, 5.74) is 1.67. The molecule has 0 saturated carbocycles. The lowest BCUT2D eigenvalue weighted by Crippen LogP contribution is -2.12. The van der Waals surface area contributed by atoms with Gasteiger partial charge in [-0.25, -0.2) is 4.57 Å². The highest BCUT2D eigenvalue weighted by atomic mass is 31.2. The minimum atomic E-state index is -4.25. The highest BCUT2D eigenvalue weighted by Crippen LogP contribution is 2.52. The van der Waals surface area contributed by atoms with Crippen LogP contribution in [0, 0.1) is 13.8 Å². The zero-order valence-electron chi connectivity index (χ0n) is 16.7. The average Bonchev–Trinajstić information content (AvgIpc) is 2.76. The summed E-state index contributed by atoms with van der Waals surface area (Å²) in [4.78, 5) is 13.5. The molecule has 4 rings (SSSR count). The number of hydrogen-bond acceptors (Lipinski definition) is 4. The Morgan fingerprint density at radius 2 is 1.17 bits per heavy atom. The Morgan fingerprint density at radius 1 is 0.667 bits per heavy atom. The van der Waals surface area contributed by atoms with Gasteiger partial charge in [-0.2, -0.15) is 0 Å². The number of carbonyl (C=O) groups excluding carboxylic acids is 1. The smallest absolute Gasteiger partial charge is 0.411 e. The summed E-state index contributed by atoms with van der Waals surface area (Å²) >= 11 is 0. The third-order valence-corrected chi connectivity index (χ3v) is 6.40. The molecule has 0 unspecified atom stereocenters. The molecule has 0 aliphatic rings. The van der Waals surface area contributed by atoms with Gasteiger partial charge >= 0.3 is 7.60 Å². The van der Waals surface area contributed by atoms with Crippen LogP contribution >= 0.6 is 7.60 Å². The van der Waals surface area contributed by atoms with Gasteiger partial charge in [-0.05, 0) is 55.0 Å². The zero-order valence-corrected chi connectivity index (χ0v) is 17.6. The van der Waals surface area contributed by atoms with Crippen LogP contribution in [0.2, 0.25) is 0 Å². The topological polar surface area (TPSA) is 52.6 Å². The Kier molecular flexibility index (Phi) is 5.43. The molecule has 0 aliphatic heterocycles. The first kappa shape index (κ1) is 19.9. The molecule has 0 saturated heterocycles. The van der Waals surface area contributed by atoms with Crippen molar-refractivity contribution in [1.82, 2.24) is 0 Å². The molecule has 4 aromatic rings. The van der Waals surface area contributed by atoms with Gasteiger partial charge in [0.1, 0.15) is 11.5 Å². The molecule has 0 aromatic heterocycles. The molecule has 0 heterocycles. The van der Waals surface area contributed by atoms with Gasteiger partial charge in [-0.1, -0.05) is 71.8 Å². The van der Waals surface area contributed by atoms with Crippen LogP contribution in [-0.4, -0.2) is 5.52 Å². The van der Waals surface area contributed by atoms with Gasteiger partial charge in [-0.3, -0.25) is 4.79 Å². The van der Waals surface area contributed by atoms with E-state index in [9.17, 15) is 9.36 Å². The SMILES string of the molecule is Cc1ccc(OP(=O)(Oc2ccc(C)cc2)C(=O)c2cccc3ccccc23)cc1. The predicted molar refractivity (Wildman–Crippen MR) is 119 cm³/mol. The van der Waals surface area contributed by atoms with Crippen LogP contribution in [0.3, 0.4) is 0 Å². The van der Waals surface area contributed by atoms with Crippen molar-refractivity contribution < 1.29 is 18.4 Å². The third-order valence-electron chi connectivity index (χ3n) is 4.76. The van der Waals surface area contributed by atoms with Crippen LogP contribution in [0.15, 0.2) is 91.0 Å². The van der Waals surface area contributed by atoms with Gasteiger partial charge in [-0.15, -0.1) is 0 Å². The molecular formula is C25H21O4P. The van der Waals surface area contributed by atoms with Crippen molar-refractivity contribution in [2.24, 2.45) is 0 Å². The zero-order chi connectivity index (χ0) is 21.1. The molecule has 4 aromatic carbocycles. The molecule has 0 fully saturated rings. The van der Waals surface area contributed by atoms with Crippen molar-refractivity contribution in [2.75, 3.05) is 0 Å². The number of hydrogen-bond donors (Lipinski definition) is 0. The molecule has 5 heteroatoms. The minimum Gasteiger partial charge on any atom is -0.411 e. The average molecular weight is 416 g/mol. The van der Waals surface area contributed by atoms with Crippen LogP contribution in [0.5, 0.6) is 11.5 Å². The molecule has 0 atom stereocenters. The lowest BCUT2D eigenvalue weighted by Gasteiger charge is -2.19. The van der Waals surface area contributed by atoms with Gasteiger partial charge in [0.05, 0.1) is 0 Å². The van der Waals surface area contributed by atoms with Crippen molar-refractivity contribution >= 4 is 23.9 Å². The Balaban J connectivity index is 1.78. The van der Waals surface area contributed by atoms with Crippen LogP contribution in [0.1, 0.15) is 21.5 Å². The number of carbonyl (C=O) groups is 1. The predicted octanol–water partition coefficient (Wildman–Crippen LogP) is 6.95. The van der Waals surface area contributed by atoms with E-state index in [4.69, 9.17) is 9.05 Å². The first-order chi connectivity index (χ1) is 14.4. The lowest BCUT2D eigenvalue weighted by molar-refractivity contribution is 0.104. The number of aryl methyl sites for hydroxylation is 2. The van der Waals surface area contributed by atoms with Crippen LogP contribution in [0.4, 0.5) is 0 Å². The van der Waals surface area contributed by atoms with Gasteiger partial charge < -0.3 is 9.05 Å². The number of fused-ring (bicyclic) bond motifs is 1. The minimum absolute atomic E-state index is 0.302. The van der Waals surface area contributed by atoms with E-state index in [0.29, 0.717) is 22.4 Å². The standard InChI is InChI=1S/C25H21O4P/c1-18-10-14-21(15-11-18)28-30(27,29-22-16-12-19(2)13-17-22)25(26)24-9-5-7-20-6-3-4-8-23(20)24/h3-17H,1-2H3. The first-order valence-corrected chi connectivity index (χ1v) is 11.1. The summed E-state index contributed by atoms with van der Waals surface area (Å²) < 4.78 is 25.4. The Morgan fingerprint density at radius 3 is 1.73 bits per heavy atom. The molecule has 0 spiro atoms. The Bertz CT molecular complexity index is 1190. The van der Waals surface area contributed by atoms with E-state index in [1.807, 2.05) is 68.4 Å². The van der Waals surface area contributed by atoms with E-state index in [1.54, 1.807) is 36.4 Å². The molecular weight excluding hydrogens is 395 g/mol. The maximum atomic E-state index is 13.9. The van der Waals surface area contributed by atoms with Crippen LogP contribution in [-0.2, 0) is 4.57 Å². The fourth-order valence-electron chi connectivity index (χ4n) is 3.14. The van der Waals surface area contributed by atoms with E-state index < -0.39 is 13.1 Å². The maximum absolute atomic E-state index is 13.9. The van der Waals surface area contributed by atoms with Crippen molar-refractivity contribution in [3.63, 3.8) is 0 Å². The highest BCUT2D eigenvalue weighted by Gasteiger charge is 2.40. The van der Waals surface area contributed by atoms with Gasteiger partial charge in [0.2, 0.25) is 0 Å². The normalized spacial score (nSPS) is 11.3. The van der Waals surface area contributed by atoms with Crippen molar-refractivity contribution in [3.8, 4) is 11.5 Å². The quantitative estimate of drug-likeness (QED) is 0.319. The molecule has 0 radical (unpaired) electrons. The van der Waals surface area contributed by atoms with Gasteiger partial charge in [0.25, 0.3) is 5.52 Å². The molecule has 0 aliphatic carbocycles. The molecule has 0 amide bonds. The summed E-state index contributed by atoms with van der Waals surface area (Å²) in [7, 11) is -4.25. The summed E-state index contributed by atoms with van der Waals surface area (Å²) in [6, 6.07) is 26.8. The molecule has 4 nitrogen and oxygen atoms in total. The monoisotopic (exact) mass is 416 g/mol.